The van der Waals surface area contributed by atoms with Gasteiger partial charge in [-0.25, -0.2) is 4.79 Å². The van der Waals surface area contributed by atoms with Crippen LogP contribution in [0.15, 0.2) is 15.8 Å². The quantitative estimate of drug-likeness (QED) is 0.0939. The molecule has 0 amide bonds. The van der Waals surface area contributed by atoms with E-state index in [4.69, 9.17) is 9.47 Å². The van der Waals surface area contributed by atoms with Crippen LogP contribution in [0.5, 0.6) is 0 Å². The fraction of sp³-hybridized carbons (Fsp3) is 0.833. The number of hydrogen-bond donors (Lipinski definition) is 2. The number of ether oxygens (including phenoxy) is 2. The van der Waals surface area contributed by atoms with Crippen LogP contribution in [-0.4, -0.2) is 71.1 Å². The predicted octanol–water partition coefficient (Wildman–Crippen LogP) is 1.60. The average Bonchev–Trinajstić information content (AvgIpc) is 3.23. The Morgan fingerprint density at radius 1 is 1.02 bits per heavy atom. The number of likely N-dealkylation sites (N-methyl/N-ethyl adjacent to an activating group) is 1. The highest BCUT2D eigenvalue weighted by atomic mass is 127. The molecule has 1 aromatic rings. The number of aromatic nitrogens is 2. The lowest BCUT2D eigenvalue weighted by molar-refractivity contribution is -0.893. The van der Waals surface area contributed by atoms with Crippen LogP contribution in [0, 0.1) is 6.92 Å². The van der Waals surface area contributed by atoms with E-state index in [-0.39, 0.29) is 36.4 Å². The number of aryl methyl sites for hydroxylation is 1. The second-order valence-electron chi connectivity index (χ2n) is 12.0. The van der Waals surface area contributed by atoms with E-state index in [2.05, 4.69) is 11.9 Å². The van der Waals surface area contributed by atoms with E-state index < -0.39 is 29.7 Å². The topological polar surface area (TPSA) is 111 Å². The number of carbonyl (C=O) groups is 1. The van der Waals surface area contributed by atoms with Crippen molar-refractivity contribution < 1.29 is 47.8 Å². The number of aliphatic hydroxyl groups is 1. The minimum Gasteiger partial charge on any atom is -1.00 e. The largest absolute Gasteiger partial charge is 1.00 e. The van der Waals surface area contributed by atoms with Gasteiger partial charge in [-0.1, -0.05) is 84.0 Å². The number of quaternary nitrogens is 1. The Bertz CT molecular complexity index is 963. The van der Waals surface area contributed by atoms with Gasteiger partial charge in [-0.3, -0.25) is 19.1 Å². The Morgan fingerprint density at radius 2 is 1.57 bits per heavy atom. The number of carbonyl (C=O) groups excluding carboxylic acids is 1. The molecule has 10 heteroatoms. The number of aromatic amines is 1. The van der Waals surface area contributed by atoms with Crippen LogP contribution in [0.2, 0.25) is 0 Å². The van der Waals surface area contributed by atoms with Crippen molar-refractivity contribution >= 4 is 5.97 Å². The molecule has 2 N–H and O–H groups in total. The summed E-state index contributed by atoms with van der Waals surface area (Å²) in [5.74, 6) is -0.150. The summed E-state index contributed by atoms with van der Waals surface area (Å²) >= 11 is 0. The van der Waals surface area contributed by atoms with Gasteiger partial charge in [0, 0.05) is 24.6 Å². The average molecular weight is 680 g/mol. The maximum Gasteiger partial charge on any atom is 0.330 e. The lowest BCUT2D eigenvalue weighted by Crippen LogP contribution is -3.00. The standard InChI is InChI=1S/C30H53N3O6.HI/c1-5-6-7-8-9-10-11-12-13-14-15-16-17-18-28(35)38-20-19-33(3,4)23-26-25(34)21-27(39-26)32-22-24(2)29(36)31-30(32)37;/h22,25-27,34H,5-21,23H2,1-4H3;1H/t25-,26+,27+;/m0./s1. The van der Waals surface area contributed by atoms with E-state index in [1.807, 2.05) is 14.1 Å². The van der Waals surface area contributed by atoms with Gasteiger partial charge >= 0.3 is 11.7 Å². The van der Waals surface area contributed by atoms with Gasteiger partial charge in [-0.05, 0) is 13.3 Å². The Hall–Kier alpha value is -1.24. The molecule has 1 fully saturated rings. The molecular formula is C30H54IN3O6. The molecule has 0 saturated carbocycles. The Morgan fingerprint density at radius 3 is 2.15 bits per heavy atom. The van der Waals surface area contributed by atoms with Crippen LogP contribution >= 0.6 is 0 Å². The number of esters is 1. The third kappa shape index (κ3) is 14.1. The zero-order valence-corrected chi connectivity index (χ0v) is 27.5. The molecule has 0 bridgehead atoms. The van der Waals surface area contributed by atoms with Crippen molar-refractivity contribution in [1.82, 2.24) is 9.55 Å². The van der Waals surface area contributed by atoms with E-state index >= 15 is 0 Å². The second-order valence-corrected chi connectivity index (χ2v) is 12.0. The molecule has 0 spiro atoms. The number of unbranched alkanes of at least 4 members (excludes halogenated alkanes) is 12. The number of rotatable bonds is 20. The van der Waals surface area contributed by atoms with Crippen LogP contribution in [0.1, 0.15) is 115 Å². The number of hydrogen-bond acceptors (Lipinski definition) is 6. The third-order valence-corrected chi connectivity index (χ3v) is 7.78. The molecule has 1 aliphatic rings. The number of nitrogens with one attached hydrogen (secondary N) is 1. The molecule has 0 unspecified atom stereocenters. The van der Waals surface area contributed by atoms with E-state index in [9.17, 15) is 19.5 Å². The Kier molecular flexibility index (Phi) is 18.2. The first kappa shape index (κ1) is 36.8. The highest BCUT2D eigenvalue weighted by Crippen LogP contribution is 2.29. The molecule has 2 heterocycles. The van der Waals surface area contributed by atoms with Crippen LogP contribution in [-0.2, 0) is 14.3 Å². The molecule has 1 aliphatic heterocycles. The summed E-state index contributed by atoms with van der Waals surface area (Å²) < 4.78 is 13.3. The molecule has 232 valence electrons. The third-order valence-electron chi connectivity index (χ3n) is 7.78. The molecule has 9 nitrogen and oxygen atoms in total. The van der Waals surface area contributed by atoms with Crippen molar-refractivity contribution in [2.45, 2.75) is 129 Å². The van der Waals surface area contributed by atoms with Gasteiger partial charge < -0.3 is 43.0 Å². The van der Waals surface area contributed by atoms with Crippen molar-refractivity contribution in [3.8, 4) is 0 Å². The van der Waals surface area contributed by atoms with Crippen molar-refractivity contribution in [3.63, 3.8) is 0 Å². The number of aliphatic hydroxyl groups excluding tert-OH is 1. The van der Waals surface area contributed by atoms with Gasteiger partial charge in [0.05, 0.1) is 20.2 Å². The Labute approximate surface area is 257 Å². The van der Waals surface area contributed by atoms with Crippen LogP contribution in [0.25, 0.3) is 0 Å². The van der Waals surface area contributed by atoms with Crippen molar-refractivity contribution in [2.24, 2.45) is 0 Å². The summed E-state index contributed by atoms with van der Waals surface area (Å²) in [6.07, 6.45) is 17.0. The van der Waals surface area contributed by atoms with Crippen molar-refractivity contribution in [3.05, 3.63) is 32.6 Å². The lowest BCUT2D eigenvalue weighted by Gasteiger charge is -2.32. The molecule has 0 aliphatic carbocycles. The minimum absolute atomic E-state index is 0. The van der Waals surface area contributed by atoms with Gasteiger partial charge in [0.15, 0.2) is 0 Å². The summed E-state index contributed by atoms with van der Waals surface area (Å²) in [6.45, 7) is 5.30. The molecule has 2 rings (SSSR count). The first-order chi connectivity index (χ1) is 18.6. The van der Waals surface area contributed by atoms with Gasteiger partial charge in [-0.2, -0.15) is 0 Å². The fourth-order valence-corrected chi connectivity index (χ4v) is 5.19. The minimum atomic E-state index is -0.732. The van der Waals surface area contributed by atoms with E-state index in [0.29, 0.717) is 36.2 Å². The van der Waals surface area contributed by atoms with Gasteiger partial charge in [0.2, 0.25) is 0 Å². The molecular weight excluding hydrogens is 625 g/mol. The second kappa shape index (κ2) is 19.8. The van der Waals surface area contributed by atoms with Crippen LogP contribution < -0.4 is 35.2 Å². The highest BCUT2D eigenvalue weighted by Gasteiger charge is 2.39. The number of nitrogens with zero attached hydrogens (tertiary/aromatic N) is 2. The summed E-state index contributed by atoms with van der Waals surface area (Å²) in [6, 6.07) is 0. The van der Waals surface area contributed by atoms with Gasteiger partial charge in [0.25, 0.3) is 5.56 Å². The maximum atomic E-state index is 12.2. The first-order valence-corrected chi connectivity index (χ1v) is 15.3. The van der Waals surface area contributed by atoms with E-state index in [1.54, 1.807) is 6.92 Å². The molecule has 1 aromatic heterocycles. The van der Waals surface area contributed by atoms with Crippen molar-refractivity contribution in [1.29, 1.82) is 0 Å². The normalized spacial score (nSPS) is 19.0. The molecule has 0 radical (unpaired) electrons. The zero-order valence-electron chi connectivity index (χ0n) is 25.3. The van der Waals surface area contributed by atoms with E-state index in [1.165, 1.54) is 81.4 Å². The summed E-state index contributed by atoms with van der Waals surface area (Å²) in [7, 11) is 4.00. The van der Waals surface area contributed by atoms with Crippen LogP contribution in [0.4, 0.5) is 0 Å². The number of H-pyrrole nitrogens is 1. The maximum absolute atomic E-state index is 12.2. The zero-order chi connectivity index (χ0) is 28.7. The van der Waals surface area contributed by atoms with Crippen LogP contribution in [0.3, 0.4) is 0 Å². The SMILES string of the molecule is CCCCCCCCCCCCCCCC(=O)OCC[N+](C)(C)C[C@H]1O[C@@H](n2cc(C)c(=O)[nH]c2=O)C[C@@H]1O.[I-]. The summed E-state index contributed by atoms with van der Waals surface area (Å²) in [4.78, 5) is 38.3. The fourth-order valence-electron chi connectivity index (χ4n) is 5.19. The highest BCUT2D eigenvalue weighted by molar-refractivity contribution is 5.69. The molecule has 3 atom stereocenters. The molecule has 1 saturated heterocycles. The summed E-state index contributed by atoms with van der Waals surface area (Å²) in [5, 5.41) is 10.6. The van der Waals surface area contributed by atoms with E-state index in [0.717, 1.165) is 12.8 Å². The Balaban J connectivity index is 0.00000800. The van der Waals surface area contributed by atoms with Gasteiger partial charge in [-0.15, -0.1) is 0 Å². The lowest BCUT2D eigenvalue weighted by atomic mass is 10.0. The first-order valence-electron chi connectivity index (χ1n) is 15.3. The molecule has 0 aromatic carbocycles. The monoisotopic (exact) mass is 679 g/mol. The predicted molar refractivity (Wildman–Crippen MR) is 154 cm³/mol. The van der Waals surface area contributed by atoms with Gasteiger partial charge in [0.1, 0.15) is 32.0 Å². The van der Waals surface area contributed by atoms with Crippen molar-refractivity contribution in [2.75, 3.05) is 33.8 Å². The number of halogens is 1. The molecule has 40 heavy (non-hydrogen) atoms. The smallest absolute Gasteiger partial charge is 0.330 e. The summed E-state index contributed by atoms with van der Waals surface area (Å²) in [5.41, 5.74) is -0.562.